The van der Waals surface area contributed by atoms with Gasteiger partial charge in [0, 0.05) is 13.2 Å². The molecule has 2 bridgehead atoms. The molecule has 0 aromatic heterocycles. The highest BCUT2D eigenvalue weighted by molar-refractivity contribution is 5.16. The maximum atomic E-state index is 5.45. The smallest absolute Gasteiger partial charge is 0.0634 e. The molecule has 0 amide bonds. The summed E-state index contributed by atoms with van der Waals surface area (Å²) in [6, 6.07) is 0.874. The third-order valence-corrected chi connectivity index (χ3v) is 5.40. The number of rotatable bonds is 5. The van der Waals surface area contributed by atoms with E-state index < -0.39 is 0 Å². The van der Waals surface area contributed by atoms with Gasteiger partial charge in [-0.1, -0.05) is 0 Å². The van der Waals surface area contributed by atoms with Crippen molar-refractivity contribution in [1.29, 1.82) is 0 Å². The van der Waals surface area contributed by atoms with E-state index in [4.69, 9.17) is 4.74 Å². The molecule has 0 aromatic carbocycles. The van der Waals surface area contributed by atoms with Crippen molar-refractivity contribution in [2.75, 3.05) is 13.7 Å². The first-order valence-corrected chi connectivity index (χ1v) is 6.91. The molecule has 0 radical (unpaired) electrons. The molecule has 0 spiro atoms. The number of methoxy groups -OCH3 is 1. The lowest BCUT2D eigenvalue weighted by Crippen LogP contribution is -2.31. The average molecular weight is 223 g/mol. The summed E-state index contributed by atoms with van der Waals surface area (Å²) in [7, 11) is 1.81. The van der Waals surface area contributed by atoms with E-state index in [9.17, 15) is 0 Å². The lowest BCUT2D eigenvalue weighted by atomic mass is 10.0. The molecule has 4 unspecified atom stereocenters. The molecule has 0 saturated heterocycles. The molecular weight excluding hydrogens is 198 g/mol. The van der Waals surface area contributed by atoms with E-state index >= 15 is 0 Å². The zero-order valence-corrected chi connectivity index (χ0v) is 10.8. The standard InChI is InChI=1S/C14H25NO/c1-14(2,16-3)6-7-15-13-11-9-4-5-10(8-9)12(11)13/h9-13,15H,4-8H2,1-3H3. The van der Waals surface area contributed by atoms with Gasteiger partial charge in [-0.25, -0.2) is 0 Å². The summed E-state index contributed by atoms with van der Waals surface area (Å²) in [5, 5.41) is 3.77. The lowest BCUT2D eigenvalue weighted by molar-refractivity contribution is 0.0156. The van der Waals surface area contributed by atoms with Crippen molar-refractivity contribution >= 4 is 0 Å². The van der Waals surface area contributed by atoms with Gasteiger partial charge >= 0.3 is 0 Å². The average Bonchev–Trinajstić information content (AvgIpc) is 2.68. The second kappa shape index (κ2) is 3.71. The number of nitrogens with one attached hydrogen (secondary N) is 1. The van der Waals surface area contributed by atoms with Crippen LogP contribution in [0.2, 0.25) is 0 Å². The molecule has 0 heterocycles. The van der Waals surface area contributed by atoms with Crippen molar-refractivity contribution in [3.05, 3.63) is 0 Å². The predicted molar refractivity (Wildman–Crippen MR) is 65.3 cm³/mol. The van der Waals surface area contributed by atoms with Crippen molar-refractivity contribution in [3.63, 3.8) is 0 Å². The van der Waals surface area contributed by atoms with Crippen molar-refractivity contribution in [2.45, 2.75) is 51.2 Å². The Morgan fingerprint density at radius 1 is 1.19 bits per heavy atom. The summed E-state index contributed by atoms with van der Waals surface area (Å²) >= 11 is 0. The fraction of sp³-hybridized carbons (Fsp3) is 1.00. The summed E-state index contributed by atoms with van der Waals surface area (Å²) in [6.45, 7) is 5.47. The Balaban J connectivity index is 1.42. The minimum atomic E-state index is 0.0377. The van der Waals surface area contributed by atoms with Gasteiger partial charge in [-0.05, 0) is 69.7 Å². The number of ether oxygens (including phenoxy) is 1. The first-order chi connectivity index (χ1) is 7.62. The molecule has 3 fully saturated rings. The van der Waals surface area contributed by atoms with Crippen molar-refractivity contribution in [1.82, 2.24) is 5.32 Å². The minimum Gasteiger partial charge on any atom is -0.379 e. The number of hydrogen-bond acceptors (Lipinski definition) is 2. The second-order valence-corrected chi connectivity index (χ2v) is 6.68. The summed E-state index contributed by atoms with van der Waals surface area (Å²) < 4.78 is 5.45. The minimum absolute atomic E-state index is 0.0377. The van der Waals surface area contributed by atoms with E-state index in [0.29, 0.717) is 0 Å². The Morgan fingerprint density at radius 3 is 2.38 bits per heavy atom. The Bertz CT molecular complexity index is 260. The lowest BCUT2D eigenvalue weighted by Gasteiger charge is -2.23. The molecule has 3 aliphatic carbocycles. The van der Waals surface area contributed by atoms with Crippen LogP contribution in [-0.4, -0.2) is 25.3 Å². The van der Waals surface area contributed by atoms with Crippen LogP contribution in [0, 0.1) is 23.7 Å². The van der Waals surface area contributed by atoms with E-state index in [1.807, 2.05) is 7.11 Å². The SMILES string of the molecule is COC(C)(C)CCNC1C2C3CCC(C3)C12. The Morgan fingerprint density at radius 2 is 1.81 bits per heavy atom. The first-order valence-electron chi connectivity index (χ1n) is 6.91. The van der Waals surface area contributed by atoms with E-state index in [-0.39, 0.29) is 5.60 Å². The highest BCUT2D eigenvalue weighted by Gasteiger charge is 2.64. The van der Waals surface area contributed by atoms with Crippen LogP contribution in [0.15, 0.2) is 0 Å². The highest BCUT2D eigenvalue weighted by atomic mass is 16.5. The van der Waals surface area contributed by atoms with Crippen LogP contribution in [0.25, 0.3) is 0 Å². The molecule has 0 aromatic rings. The maximum Gasteiger partial charge on any atom is 0.0634 e. The van der Waals surface area contributed by atoms with Gasteiger partial charge in [0.2, 0.25) is 0 Å². The highest BCUT2D eigenvalue weighted by Crippen LogP contribution is 2.65. The van der Waals surface area contributed by atoms with Gasteiger partial charge in [-0.15, -0.1) is 0 Å². The Kier molecular flexibility index (Phi) is 2.56. The quantitative estimate of drug-likeness (QED) is 0.773. The molecule has 2 heteroatoms. The van der Waals surface area contributed by atoms with Crippen LogP contribution in [0.5, 0.6) is 0 Å². The fourth-order valence-corrected chi connectivity index (χ4v) is 4.24. The Labute approximate surface area is 99.1 Å². The zero-order chi connectivity index (χ0) is 11.3. The zero-order valence-electron chi connectivity index (χ0n) is 10.8. The van der Waals surface area contributed by atoms with E-state index in [2.05, 4.69) is 19.2 Å². The third-order valence-electron chi connectivity index (χ3n) is 5.40. The molecule has 16 heavy (non-hydrogen) atoms. The molecular formula is C14H25NO. The van der Waals surface area contributed by atoms with Gasteiger partial charge in [0.25, 0.3) is 0 Å². The predicted octanol–water partition coefficient (Wildman–Crippen LogP) is 2.44. The van der Waals surface area contributed by atoms with E-state index in [0.717, 1.165) is 42.7 Å². The van der Waals surface area contributed by atoms with Gasteiger partial charge in [-0.2, -0.15) is 0 Å². The van der Waals surface area contributed by atoms with Crippen LogP contribution >= 0.6 is 0 Å². The molecule has 0 aliphatic heterocycles. The van der Waals surface area contributed by atoms with Crippen LogP contribution in [0.3, 0.4) is 0 Å². The van der Waals surface area contributed by atoms with E-state index in [1.54, 1.807) is 6.42 Å². The molecule has 3 aliphatic rings. The largest absolute Gasteiger partial charge is 0.379 e. The maximum absolute atomic E-state index is 5.45. The summed E-state index contributed by atoms with van der Waals surface area (Å²) in [5.74, 6) is 4.29. The topological polar surface area (TPSA) is 21.3 Å². The molecule has 3 saturated carbocycles. The third kappa shape index (κ3) is 1.70. The summed E-state index contributed by atoms with van der Waals surface area (Å²) in [4.78, 5) is 0. The van der Waals surface area contributed by atoms with Gasteiger partial charge in [0.05, 0.1) is 5.60 Å². The van der Waals surface area contributed by atoms with Gasteiger partial charge < -0.3 is 10.1 Å². The van der Waals surface area contributed by atoms with Crippen LogP contribution in [0.4, 0.5) is 0 Å². The monoisotopic (exact) mass is 223 g/mol. The van der Waals surface area contributed by atoms with Crippen molar-refractivity contribution in [2.24, 2.45) is 23.7 Å². The fourth-order valence-electron chi connectivity index (χ4n) is 4.24. The molecule has 92 valence electrons. The molecule has 2 nitrogen and oxygen atoms in total. The van der Waals surface area contributed by atoms with Gasteiger partial charge in [-0.3, -0.25) is 0 Å². The van der Waals surface area contributed by atoms with Crippen molar-refractivity contribution < 1.29 is 4.74 Å². The Hall–Kier alpha value is -0.0800. The summed E-state index contributed by atoms with van der Waals surface area (Å²) in [5.41, 5.74) is 0.0377. The van der Waals surface area contributed by atoms with E-state index in [1.165, 1.54) is 12.8 Å². The van der Waals surface area contributed by atoms with Crippen molar-refractivity contribution in [3.8, 4) is 0 Å². The van der Waals surface area contributed by atoms with Crippen LogP contribution in [0.1, 0.15) is 39.5 Å². The van der Waals surface area contributed by atoms with Gasteiger partial charge in [0.1, 0.15) is 0 Å². The number of hydrogen-bond donors (Lipinski definition) is 1. The molecule has 3 rings (SSSR count). The number of fused-ring (bicyclic) bond motifs is 5. The normalized spacial score (nSPS) is 44.8. The summed E-state index contributed by atoms with van der Waals surface area (Å²) in [6.07, 6.45) is 5.72. The van der Waals surface area contributed by atoms with Gasteiger partial charge in [0.15, 0.2) is 0 Å². The molecule has 4 atom stereocenters. The second-order valence-electron chi connectivity index (χ2n) is 6.68. The molecule has 1 N–H and O–H groups in total. The van der Waals surface area contributed by atoms with Crippen LogP contribution in [-0.2, 0) is 4.74 Å². The first kappa shape index (κ1) is 11.0. The van der Waals surface area contributed by atoms with Crippen LogP contribution < -0.4 is 5.32 Å².